The standard InChI is InChI=1S/C21H22F4N2O2S2/c1-20(2)14-4-3-12(22)9-17(14)30-18-11-19(16(10-15(18)20)21(23,24)25)31(28,29)27-13-5-7-26-8-6-13/h3-4,9-11,13,26-27H,5-8H2,1-2H3. The van der Waals surface area contributed by atoms with Gasteiger partial charge in [0, 0.05) is 21.2 Å². The zero-order chi connectivity index (χ0) is 22.6. The molecule has 4 nitrogen and oxygen atoms in total. The van der Waals surface area contributed by atoms with Gasteiger partial charge in [-0.3, -0.25) is 0 Å². The van der Waals surface area contributed by atoms with Crippen LogP contribution < -0.4 is 10.0 Å². The van der Waals surface area contributed by atoms with Crippen LogP contribution >= 0.6 is 11.8 Å². The van der Waals surface area contributed by atoms with Crippen molar-refractivity contribution < 1.29 is 26.0 Å². The highest BCUT2D eigenvalue weighted by Gasteiger charge is 2.42. The normalized spacial score (nSPS) is 19.0. The van der Waals surface area contributed by atoms with Gasteiger partial charge < -0.3 is 5.32 Å². The van der Waals surface area contributed by atoms with E-state index in [1.165, 1.54) is 12.1 Å². The highest BCUT2D eigenvalue weighted by atomic mass is 32.2. The van der Waals surface area contributed by atoms with Crippen molar-refractivity contribution in [2.45, 2.75) is 59.0 Å². The zero-order valence-electron chi connectivity index (χ0n) is 16.9. The average molecular weight is 475 g/mol. The molecule has 2 heterocycles. The summed E-state index contributed by atoms with van der Waals surface area (Å²) in [7, 11) is -4.42. The minimum absolute atomic E-state index is 0.366. The average Bonchev–Trinajstić information content (AvgIpc) is 2.66. The summed E-state index contributed by atoms with van der Waals surface area (Å²) < 4.78 is 84.2. The molecule has 2 aromatic carbocycles. The maximum absolute atomic E-state index is 14.0. The number of benzene rings is 2. The van der Waals surface area contributed by atoms with Gasteiger partial charge in [0.05, 0.1) is 10.5 Å². The lowest BCUT2D eigenvalue weighted by Crippen LogP contribution is -2.43. The molecule has 2 aromatic rings. The van der Waals surface area contributed by atoms with Gasteiger partial charge in [0.15, 0.2) is 0 Å². The highest BCUT2D eigenvalue weighted by molar-refractivity contribution is 7.99. The summed E-state index contributed by atoms with van der Waals surface area (Å²) in [6.07, 6.45) is -3.85. The Morgan fingerprint density at radius 1 is 1.06 bits per heavy atom. The number of sulfonamides is 1. The van der Waals surface area contributed by atoms with Crippen LogP contribution in [0, 0.1) is 5.82 Å². The molecule has 31 heavy (non-hydrogen) atoms. The van der Waals surface area contributed by atoms with Gasteiger partial charge in [0.25, 0.3) is 0 Å². The topological polar surface area (TPSA) is 58.2 Å². The quantitative estimate of drug-likeness (QED) is 0.635. The number of nitrogens with one attached hydrogen (secondary N) is 2. The molecular weight excluding hydrogens is 452 g/mol. The number of piperidine rings is 1. The fraction of sp³-hybridized carbons (Fsp3) is 0.429. The summed E-state index contributed by atoms with van der Waals surface area (Å²) in [6, 6.07) is 5.76. The van der Waals surface area contributed by atoms with Crippen molar-refractivity contribution >= 4 is 21.8 Å². The van der Waals surface area contributed by atoms with Gasteiger partial charge in [0.1, 0.15) is 5.82 Å². The van der Waals surface area contributed by atoms with Crippen molar-refractivity contribution in [3.05, 3.63) is 52.8 Å². The minimum atomic E-state index is -4.85. The molecule has 0 radical (unpaired) electrons. The van der Waals surface area contributed by atoms with Crippen LogP contribution in [0.5, 0.6) is 0 Å². The van der Waals surface area contributed by atoms with Crippen molar-refractivity contribution in [2.24, 2.45) is 0 Å². The Kier molecular flexibility index (Phi) is 5.65. The number of hydrogen-bond acceptors (Lipinski definition) is 4. The molecule has 2 aliphatic rings. The zero-order valence-corrected chi connectivity index (χ0v) is 18.6. The van der Waals surface area contributed by atoms with Crippen LogP contribution in [0.25, 0.3) is 0 Å². The van der Waals surface area contributed by atoms with Crippen LogP contribution in [-0.4, -0.2) is 27.5 Å². The van der Waals surface area contributed by atoms with Gasteiger partial charge in [-0.25, -0.2) is 17.5 Å². The Labute approximate surface area is 182 Å². The van der Waals surface area contributed by atoms with Gasteiger partial charge in [-0.15, -0.1) is 0 Å². The molecule has 0 spiro atoms. The van der Waals surface area contributed by atoms with E-state index >= 15 is 0 Å². The lowest BCUT2D eigenvalue weighted by Gasteiger charge is -2.35. The summed E-state index contributed by atoms with van der Waals surface area (Å²) in [4.78, 5) is 0.147. The van der Waals surface area contributed by atoms with Gasteiger partial charge >= 0.3 is 6.18 Å². The molecule has 0 aromatic heterocycles. The molecule has 10 heteroatoms. The summed E-state index contributed by atoms with van der Waals surface area (Å²) in [5, 5.41) is 3.09. The number of fused-ring (bicyclic) bond motifs is 2. The van der Waals surface area contributed by atoms with E-state index in [-0.39, 0.29) is 0 Å². The van der Waals surface area contributed by atoms with Crippen molar-refractivity contribution in [3.63, 3.8) is 0 Å². The molecule has 2 N–H and O–H groups in total. The van der Waals surface area contributed by atoms with E-state index in [0.717, 1.165) is 23.9 Å². The molecule has 0 atom stereocenters. The molecule has 0 aliphatic carbocycles. The van der Waals surface area contributed by atoms with Gasteiger partial charge in [-0.2, -0.15) is 13.2 Å². The fourth-order valence-electron chi connectivity index (χ4n) is 4.16. The summed E-state index contributed by atoms with van der Waals surface area (Å²) >= 11 is 1.09. The molecule has 168 valence electrons. The summed E-state index contributed by atoms with van der Waals surface area (Å²) in [5.74, 6) is -0.460. The lowest BCUT2D eigenvalue weighted by atomic mass is 9.77. The second-order valence-electron chi connectivity index (χ2n) is 8.36. The minimum Gasteiger partial charge on any atom is -0.317 e. The molecule has 0 unspecified atom stereocenters. The summed E-state index contributed by atoms with van der Waals surface area (Å²) in [5.41, 5.74) is -0.978. The van der Waals surface area contributed by atoms with Crippen LogP contribution in [0.2, 0.25) is 0 Å². The molecule has 0 saturated carbocycles. The SMILES string of the molecule is CC1(C)c2ccc(F)cc2Sc2cc(S(=O)(=O)NC3CCNCC3)c(C(F)(F)F)cc21. The largest absolute Gasteiger partial charge is 0.417 e. The predicted octanol–water partition coefficient (Wildman–Crippen LogP) is 4.67. The third kappa shape index (κ3) is 4.22. The van der Waals surface area contributed by atoms with E-state index in [2.05, 4.69) is 10.0 Å². The monoisotopic (exact) mass is 474 g/mol. The molecule has 1 fully saturated rings. The molecule has 0 bridgehead atoms. The number of halogens is 4. The molecular formula is C21H22F4N2O2S2. The molecule has 1 saturated heterocycles. The predicted molar refractivity (Wildman–Crippen MR) is 110 cm³/mol. The highest BCUT2D eigenvalue weighted by Crippen LogP contribution is 2.51. The van der Waals surface area contributed by atoms with Gasteiger partial charge in [-0.1, -0.05) is 31.7 Å². The van der Waals surface area contributed by atoms with Gasteiger partial charge in [-0.05, 0) is 61.3 Å². The maximum atomic E-state index is 14.0. The maximum Gasteiger partial charge on any atom is 0.417 e. The Hall–Kier alpha value is -1.62. The van der Waals surface area contributed by atoms with E-state index in [1.54, 1.807) is 19.9 Å². The Bertz CT molecular complexity index is 1120. The third-order valence-corrected chi connectivity index (χ3v) is 8.52. The molecule has 4 rings (SSSR count). The second kappa shape index (κ2) is 7.75. The second-order valence-corrected chi connectivity index (χ2v) is 11.1. The first-order valence-electron chi connectivity index (χ1n) is 9.86. The van der Waals surface area contributed by atoms with E-state index in [9.17, 15) is 26.0 Å². The van der Waals surface area contributed by atoms with Crippen LogP contribution in [0.4, 0.5) is 17.6 Å². The third-order valence-electron chi connectivity index (χ3n) is 5.85. The van der Waals surface area contributed by atoms with E-state index < -0.39 is 43.9 Å². The van der Waals surface area contributed by atoms with E-state index in [1.807, 2.05) is 0 Å². The van der Waals surface area contributed by atoms with Gasteiger partial charge in [0.2, 0.25) is 10.0 Å². The van der Waals surface area contributed by atoms with Crippen LogP contribution in [0.15, 0.2) is 45.0 Å². The first-order chi connectivity index (χ1) is 14.4. The van der Waals surface area contributed by atoms with Crippen molar-refractivity contribution in [1.82, 2.24) is 10.0 Å². The number of rotatable bonds is 3. The van der Waals surface area contributed by atoms with Crippen LogP contribution in [-0.2, 0) is 21.6 Å². The first-order valence-corrected chi connectivity index (χ1v) is 12.2. The Morgan fingerprint density at radius 2 is 1.71 bits per heavy atom. The summed E-state index contributed by atoms with van der Waals surface area (Å²) in [6.45, 7) is 4.69. The Morgan fingerprint density at radius 3 is 2.35 bits per heavy atom. The Balaban J connectivity index is 1.85. The fourth-order valence-corrected chi connectivity index (χ4v) is 7.22. The molecule has 0 amide bonds. The van der Waals surface area contributed by atoms with Crippen LogP contribution in [0.3, 0.4) is 0 Å². The van der Waals surface area contributed by atoms with Crippen molar-refractivity contribution in [2.75, 3.05) is 13.1 Å². The smallest absolute Gasteiger partial charge is 0.317 e. The van der Waals surface area contributed by atoms with Crippen molar-refractivity contribution in [1.29, 1.82) is 0 Å². The van der Waals surface area contributed by atoms with Crippen LogP contribution in [0.1, 0.15) is 43.4 Å². The van der Waals surface area contributed by atoms with E-state index in [4.69, 9.17) is 0 Å². The first kappa shape index (κ1) is 22.6. The van der Waals surface area contributed by atoms with E-state index in [0.29, 0.717) is 46.8 Å². The molecule has 2 aliphatic heterocycles. The lowest BCUT2D eigenvalue weighted by molar-refractivity contribution is -0.140. The van der Waals surface area contributed by atoms with Crippen molar-refractivity contribution in [3.8, 4) is 0 Å². The number of hydrogen-bond donors (Lipinski definition) is 2. The number of alkyl halides is 3.